The number of hydrogen-bond donors (Lipinski definition) is 1. The molecule has 3 nitrogen and oxygen atoms in total. The van der Waals surface area contributed by atoms with Crippen LogP contribution in [0.5, 0.6) is 0 Å². The van der Waals surface area contributed by atoms with Crippen molar-refractivity contribution in [2.45, 2.75) is 26.4 Å². The summed E-state index contributed by atoms with van der Waals surface area (Å²) in [6.45, 7) is 4.94. The normalized spacial score (nSPS) is 12.7. The summed E-state index contributed by atoms with van der Waals surface area (Å²) >= 11 is 0. The van der Waals surface area contributed by atoms with Crippen molar-refractivity contribution in [3.8, 4) is 0 Å². The highest BCUT2D eigenvalue weighted by molar-refractivity contribution is 5.26. The fraction of sp³-hybridized carbons (Fsp3) is 0.308. The average molecular weight is 215 g/mol. The fourth-order valence-corrected chi connectivity index (χ4v) is 1.81. The molecule has 1 unspecified atom stereocenters. The van der Waals surface area contributed by atoms with E-state index in [0.29, 0.717) is 0 Å². The van der Waals surface area contributed by atoms with Crippen molar-refractivity contribution < 1.29 is 0 Å². The highest BCUT2D eigenvalue weighted by atomic mass is 15.1. The van der Waals surface area contributed by atoms with Crippen molar-refractivity contribution in [2.75, 3.05) is 0 Å². The maximum absolute atomic E-state index is 5.89. The molecule has 3 heteroatoms. The van der Waals surface area contributed by atoms with Gasteiger partial charge in [0.05, 0.1) is 12.0 Å². The van der Waals surface area contributed by atoms with Crippen LogP contribution in [0.1, 0.15) is 29.8 Å². The molecule has 0 saturated carbocycles. The van der Waals surface area contributed by atoms with Crippen LogP contribution in [-0.2, 0) is 6.54 Å². The first-order chi connectivity index (χ1) is 7.68. The Balaban J connectivity index is 2.27. The third-order valence-electron chi connectivity index (χ3n) is 2.81. The second-order valence-electron chi connectivity index (χ2n) is 4.16. The topological polar surface area (TPSA) is 43.8 Å². The molecule has 2 N–H and O–H groups in total. The summed E-state index contributed by atoms with van der Waals surface area (Å²) < 4.78 is 2.10. The zero-order chi connectivity index (χ0) is 11.5. The average Bonchev–Trinajstić information content (AvgIpc) is 2.69. The molecule has 0 aliphatic heterocycles. The van der Waals surface area contributed by atoms with Gasteiger partial charge in [-0.15, -0.1) is 0 Å². The molecule has 0 aliphatic carbocycles. The van der Waals surface area contributed by atoms with Gasteiger partial charge in [0.25, 0.3) is 0 Å². The van der Waals surface area contributed by atoms with Gasteiger partial charge in [-0.3, -0.25) is 0 Å². The van der Waals surface area contributed by atoms with Gasteiger partial charge in [-0.2, -0.15) is 0 Å². The van der Waals surface area contributed by atoms with Crippen molar-refractivity contribution in [1.82, 2.24) is 9.55 Å². The third-order valence-corrected chi connectivity index (χ3v) is 2.81. The Labute approximate surface area is 95.9 Å². The first kappa shape index (κ1) is 10.9. The maximum atomic E-state index is 5.89. The van der Waals surface area contributed by atoms with Gasteiger partial charge < -0.3 is 10.3 Å². The largest absolute Gasteiger partial charge is 0.329 e. The Morgan fingerprint density at radius 2 is 2.12 bits per heavy atom. The molecular formula is C13H17N3. The summed E-state index contributed by atoms with van der Waals surface area (Å²) in [5, 5.41) is 0. The van der Waals surface area contributed by atoms with Gasteiger partial charge in [-0.1, -0.05) is 24.3 Å². The molecule has 0 amide bonds. The van der Waals surface area contributed by atoms with E-state index in [1.165, 1.54) is 11.1 Å². The Hall–Kier alpha value is -1.61. The van der Waals surface area contributed by atoms with Crippen LogP contribution in [-0.4, -0.2) is 9.55 Å². The van der Waals surface area contributed by atoms with Crippen LogP contribution in [0.3, 0.4) is 0 Å². The fourth-order valence-electron chi connectivity index (χ4n) is 1.81. The highest BCUT2D eigenvalue weighted by Gasteiger charge is 2.07. The van der Waals surface area contributed by atoms with Gasteiger partial charge in [0.15, 0.2) is 0 Å². The summed E-state index contributed by atoms with van der Waals surface area (Å²) in [7, 11) is 0. The predicted octanol–water partition coefficient (Wildman–Crippen LogP) is 2.26. The smallest absolute Gasteiger partial charge is 0.0951 e. The molecule has 1 atom stereocenters. The molecule has 84 valence electrons. The first-order valence-corrected chi connectivity index (χ1v) is 5.48. The lowest BCUT2D eigenvalue weighted by molar-refractivity contribution is 0.673. The number of nitrogens with two attached hydrogens (primary N) is 1. The summed E-state index contributed by atoms with van der Waals surface area (Å²) in [4.78, 5) is 4.15. The maximum Gasteiger partial charge on any atom is 0.0951 e. The highest BCUT2D eigenvalue weighted by Crippen LogP contribution is 2.14. The van der Waals surface area contributed by atoms with Crippen LogP contribution in [0, 0.1) is 6.92 Å². The quantitative estimate of drug-likeness (QED) is 0.853. The molecule has 16 heavy (non-hydrogen) atoms. The molecule has 2 rings (SSSR count). The molecule has 0 spiro atoms. The minimum absolute atomic E-state index is 0.0199. The van der Waals surface area contributed by atoms with Crippen LogP contribution in [0.4, 0.5) is 0 Å². The molecule has 0 aliphatic rings. The van der Waals surface area contributed by atoms with E-state index in [9.17, 15) is 0 Å². The van der Waals surface area contributed by atoms with Gasteiger partial charge in [0.2, 0.25) is 0 Å². The lowest BCUT2D eigenvalue weighted by Gasteiger charge is -2.12. The van der Waals surface area contributed by atoms with Crippen LogP contribution in [0.25, 0.3) is 0 Å². The number of rotatable bonds is 3. The summed E-state index contributed by atoms with van der Waals surface area (Å²) in [6.07, 6.45) is 3.67. The van der Waals surface area contributed by atoms with Crippen molar-refractivity contribution >= 4 is 0 Å². The monoisotopic (exact) mass is 215 g/mol. The van der Waals surface area contributed by atoms with Gasteiger partial charge in [-0.25, -0.2) is 4.98 Å². The van der Waals surface area contributed by atoms with Gasteiger partial charge >= 0.3 is 0 Å². The number of nitrogens with zero attached hydrogens (tertiary/aromatic N) is 2. The van der Waals surface area contributed by atoms with Crippen molar-refractivity contribution in [2.24, 2.45) is 5.73 Å². The molecular weight excluding hydrogens is 198 g/mol. The van der Waals surface area contributed by atoms with Crippen LogP contribution in [0.15, 0.2) is 36.8 Å². The summed E-state index contributed by atoms with van der Waals surface area (Å²) in [5.74, 6) is 0. The van der Waals surface area contributed by atoms with E-state index in [0.717, 1.165) is 12.2 Å². The third kappa shape index (κ3) is 2.14. The number of aryl methyl sites for hydroxylation is 1. The molecule has 0 bridgehead atoms. The molecule has 1 heterocycles. The predicted molar refractivity (Wildman–Crippen MR) is 65.1 cm³/mol. The Morgan fingerprint density at radius 1 is 1.38 bits per heavy atom. The molecule has 1 aromatic heterocycles. The molecule has 2 aromatic rings. The van der Waals surface area contributed by atoms with Gasteiger partial charge in [-0.05, 0) is 25.0 Å². The zero-order valence-corrected chi connectivity index (χ0v) is 9.72. The van der Waals surface area contributed by atoms with E-state index in [1.807, 2.05) is 19.4 Å². The minimum Gasteiger partial charge on any atom is -0.329 e. The minimum atomic E-state index is 0.0199. The van der Waals surface area contributed by atoms with Crippen LogP contribution in [0.2, 0.25) is 0 Å². The van der Waals surface area contributed by atoms with E-state index >= 15 is 0 Å². The lowest BCUT2D eigenvalue weighted by Crippen LogP contribution is -2.12. The van der Waals surface area contributed by atoms with Gasteiger partial charge in [0.1, 0.15) is 0 Å². The number of hydrogen-bond acceptors (Lipinski definition) is 2. The van der Waals surface area contributed by atoms with E-state index in [4.69, 9.17) is 5.73 Å². The number of aromatic nitrogens is 2. The zero-order valence-electron chi connectivity index (χ0n) is 9.72. The van der Waals surface area contributed by atoms with Crippen LogP contribution < -0.4 is 5.73 Å². The number of imidazole rings is 1. The summed E-state index contributed by atoms with van der Waals surface area (Å²) in [6, 6.07) is 8.40. The van der Waals surface area contributed by atoms with Gasteiger partial charge in [0, 0.05) is 18.8 Å². The molecule has 0 radical (unpaired) electrons. The first-order valence-electron chi connectivity index (χ1n) is 5.48. The van der Waals surface area contributed by atoms with Crippen molar-refractivity contribution in [3.63, 3.8) is 0 Å². The van der Waals surface area contributed by atoms with Crippen LogP contribution >= 0.6 is 0 Å². The Morgan fingerprint density at radius 3 is 2.81 bits per heavy atom. The number of benzene rings is 1. The summed E-state index contributed by atoms with van der Waals surface area (Å²) in [5.41, 5.74) is 9.57. The van der Waals surface area contributed by atoms with E-state index < -0.39 is 0 Å². The second kappa shape index (κ2) is 4.49. The lowest BCUT2D eigenvalue weighted by atomic mass is 10.1. The molecule has 0 fully saturated rings. The van der Waals surface area contributed by atoms with E-state index in [1.54, 1.807) is 0 Å². The SMILES string of the molecule is Cc1ccccc1Cn1cncc1C(C)N. The Bertz CT molecular complexity index is 472. The molecule has 0 saturated heterocycles. The molecule has 1 aromatic carbocycles. The standard InChI is InChI=1S/C13H17N3/c1-10-5-3-4-6-12(10)8-16-9-15-7-13(16)11(2)14/h3-7,9,11H,8,14H2,1-2H3. The Kier molecular flexibility index (Phi) is 3.06. The second-order valence-corrected chi connectivity index (χ2v) is 4.16. The van der Waals surface area contributed by atoms with E-state index in [2.05, 4.69) is 40.7 Å². The van der Waals surface area contributed by atoms with E-state index in [-0.39, 0.29) is 6.04 Å². The van der Waals surface area contributed by atoms with Crippen molar-refractivity contribution in [1.29, 1.82) is 0 Å². The van der Waals surface area contributed by atoms with Crippen molar-refractivity contribution in [3.05, 3.63) is 53.6 Å².